The van der Waals surface area contributed by atoms with E-state index in [1.807, 2.05) is 6.92 Å². The molecule has 0 bridgehead atoms. The molecule has 0 saturated carbocycles. The molecule has 0 spiro atoms. The van der Waals surface area contributed by atoms with Gasteiger partial charge in [-0.1, -0.05) is 6.42 Å². The molecule has 1 heterocycles. The fourth-order valence-corrected chi connectivity index (χ4v) is 2.78. The lowest BCUT2D eigenvalue weighted by molar-refractivity contribution is 0.602. The van der Waals surface area contributed by atoms with Crippen molar-refractivity contribution in [1.29, 1.82) is 0 Å². The van der Waals surface area contributed by atoms with Crippen LogP contribution in [0.3, 0.4) is 0 Å². The number of hydrogen-bond donors (Lipinski definition) is 1. The van der Waals surface area contributed by atoms with Crippen LogP contribution in [0.15, 0.2) is 0 Å². The summed E-state index contributed by atoms with van der Waals surface area (Å²) in [7, 11) is 0. The van der Waals surface area contributed by atoms with E-state index in [-0.39, 0.29) is 0 Å². The Morgan fingerprint density at radius 1 is 1.46 bits per heavy atom. The van der Waals surface area contributed by atoms with Crippen LogP contribution in [0.5, 0.6) is 0 Å². The van der Waals surface area contributed by atoms with Gasteiger partial charge in [-0.15, -0.1) is 11.8 Å². The average molecular weight is 197 g/mol. The molecule has 0 aromatic rings. The van der Waals surface area contributed by atoms with E-state index in [0.29, 0.717) is 0 Å². The minimum absolute atomic E-state index is 0.864. The molecule has 1 aliphatic rings. The van der Waals surface area contributed by atoms with Gasteiger partial charge in [0.15, 0.2) is 0 Å². The zero-order chi connectivity index (χ0) is 9.36. The predicted octanol–water partition coefficient (Wildman–Crippen LogP) is 2.28. The van der Waals surface area contributed by atoms with Crippen LogP contribution in [-0.4, -0.2) is 24.1 Å². The normalized spacial score (nSPS) is 22.1. The van der Waals surface area contributed by atoms with Crippen LogP contribution in [0.4, 0.5) is 0 Å². The van der Waals surface area contributed by atoms with E-state index in [1.54, 1.807) is 0 Å². The van der Waals surface area contributed by atoms with Crippen LogP contribution in [0.25, 0.3) is 0 Å². The molecule has 1 atom stereocenters. The minimum atomic E-state index is 0.864. The quantitative estimate of drug-likeness (QED) is 0.548. The van der Waals surface area contributed by atoms with Gasteiger partial charge in [0.1, 0.15) is 0 Å². The van der Waals surface area contributed by atoms with Gasteiger partial charge < -0.3 is 5.32 Å². The van der Waals surface area contributed by atoms with E-state index in [4.69, 9.17) is 0 Å². The fourth-order valence-electron chi connectivity index (χ4n) is 1.51. The molecule has 0 amide bonds. The Morgan fingerprint density at radius 2 is 2.38 bits per heavy atom. The topological polar surface area (TPSA) is 12.0 Å². The van der Waals surface area contributed by atoms with Gasteiger partial charge in [0, 0.05) is 24.8 Å². The predicted molar refractivity (Wildman–Crippen MR) is 61.0 cm³/mol. The third-order valence-electron chi connectivity index (χ3n) is 2.25. The van der Waals surface area contributed by atoms with Crippen molar-refractivity contribution in [2.24, 2.45) is 0 Å². The van der Waals surface area contributed by atoms with Gasteiger partial charge in [0.2, 0.25) is 0 Å². The molecule has 1 rings (SSSR count). The molecular weight excluding hydrogens is 178 g/mol. The summed E-state index contributed by atoms with van der Waals surface area (Å²) < 4.78 is 0. The van der Waals surface area contributed by atoms with E-state index in [9.17, 15) is 0 Å². The molecule has 0 radical (unpaired) electrons. The molecule has 1 aliphatic heterocycles. The summed E-state index contributed by atoms with van der Waals surface area (Å²) in [5.41, 5.74) is 0. The van der Waals surface area contributed by atoms with Crippen molar-refractivity contribution in [3.63, 3.8) is 0 Å². The molecule has 13 heavy (non-hydrogen) atoms. The fraction of sp³-hybridized carbons (Fsp3) is 0.818. The molecule has 1 saturated heterocycles. The first-order chi connectivity index (χ1) is 6.43. The maximum Gasteiger partial charge on any atom is 0.0214 e. The maximum absolute atomic E-state index is 3.47. The van der Waals surface area contributed by atoms with Gasteiger partial charge in [-0.2, -0.15) is 11.8 Å². The Kier molecular flexibility index (Phi) is 6.14. The summed E-state index contributed by atoms with van der Waals surface area (Å²) in [6, 6.07) is 0. The number of thioether (sulfide) groups is 1. The van der Waals surface area contributed by atoms with Crippen molar-refractivity contribution in [2.45, 2.75) is 37.9 Å². The summed E-state index contributed by atoms with van der Waals surface area (Å²) >= 11 is 2.13. The highest BCUT2D eigenvalue weighted by Crippen LogP contribution is 2.24. The first kappa shape index (κ1) is 10.9. The monoisotopic (exact) mass is 197 g/mol. The zero-order valence-corrected chi connectivity index (χ0v) is 9.25. The lowest BCUT2D eigenvalue weighted by atomic mass is 10.2. The Balaban J connectivity index is 1.94. The number of hydrogen-bond acceptors (Lipinski definition) is 2. The highest BCUT2D eigenvalue weighted by molar-refractivity contribution is 7.99. The molecule has 0 aromatic heterocycles. The average Bonchev–Trinajstić information content (AvgIpc) is 2.19. The summed E-state index contributed by atoms with van der Waals surface area (Å²) in [4.78, 5) is 0. The van der Waals surface area contributed by atoms with E-state index in [2.05, 4.69) is 28.9 Å². The molecule has 1 fully saturated rings. The van der Waals surface area contributed by atoms with Crippen LogP contribution < -0.4 is 5.32 Å². The molecular formula is C11H19NS. The summed E-state index contributed by atoms with van der Waals surface area (Å²) in [5.74, 6) is 7.34. The zero-order valence-electron chi connectivity index (χ0n) is 8.44. The second-order valence-corrected chi connectivity index (χ2v) is 4.78. The molecule has 0 aliphatic carbocycles. The van der Waals surface area contributed by atoms with Crippen LogP contribution in [0.1, 0.15) is 32.6 Å². The summed E-state index contributed by atoms with van der Waals surface area (Å²) in [5, 5.41) is 4.33. The first-order valence-corrected chi connectivity index (χ1v) is 6.20. The highest BCUT2D eigenvalue weighted by atomic mass is 32.2. The second kappa shape index (κ2) is 7.29. The third-order valence-corrected chi connectivity index (χ3v) is 3.65. The summed E-state index contributed by atoms with van der Waals surface area (Å²) in [6.07, 6.45) is 5.24. The Morgan fingerprint density at radius 3 is 3.08 bits per heavy atom. The first-order valence-electron chi connectivity index (χ1n) is 5.15. The van der Waals surface area contributed by atoms with Crippen LogP contribution in [0, 0.1) is 11.8 Å². The van der Waals surface area contributed by atoms with Crippen molar-refractivity contribution >= 4 is 11.8 Å². The van der Waals surface area contributed by atoms with Crippen molar-refractivity contribution in [2.75, 3.05) is 18.8 Å². The Hall–Kier alpha value is -0.130. The highest BCUT2D eigenvalue weighted by Gasteiger charge is 2.12. The second-order valence-electron chi connectivity index (χ2n) is 3.37. The van der Waals surface area contributed by atoms with E-state index in [1.165, 1.54) is 31.6 Å². The van der Waals surface area contributed by atoms with Gasteiger partial charge in [0.25, 0.3) is 0 Å². The van der Waals surface area contributed by atoms with Crippen LogP contribution in [0.2, 0.25) is 0 Å². The smallest absolute Gasteiger partial charge is 0.0214 e. The molecule has 74 valence electrons. The minimum Gasteiger partial charge on any atom is -0.315 e. The summed E-state index contributed by atoms with van der Waals surface area (Å²) in [6.45, 7) is 4.13. The lowest BCUT2D eigenvalue weighted by Crippen LogP contribution is -2.27. The van der Waals surface area contributed by atoms with Gasteiger partial charge in [-0.3, -0.25) is 0 Å². The van der Waals surface area contributed by atoms with Gasteiger partial charge in [0.05, 0.1) is 0 Å². The van der Waals surface area contributed by atoms with E-state index < -0.39 is 0 Å². The van der Waals surface area contributed by atoms with Crippen molar-refractivity contribution in [3.8, 4) is 11.8 Å². The lowest BCUT2D eigenvalue weighted by Gasteiger charge is -2.21. The van der Waals surface area contributed by atoms with Crippen LogP contribution in [-0.2, 0) is 0 Å². The van der Waals surface area contributed by atoms with Gasteiger partial charge in [-0.25, -0.2) is 0 Å². The Bertz CT molecular complexity index is 174. The molecule has 1 N–H and O–H groups in total. The third kappa shape index (κ3) is 5.23. The van der Waals surface area contributed by atoms with Gasteiger partial charge in [-0.05, 0) is 25.5 Å². The van der Waals surface area contributed by atoms with Gasteiger partial charge >= 0.3 is 0 Å². The van der Waals surface area contributed by atoms with E-state index in [0.717, 1.165) is 18.2 Å². The number of rotatable bonds is 4. The standard InChI is InChI=1S/C11H19NS/c1-2-3-5-8-12-10-11-7-4-6-9-13-11/h11-12H,4-10H2,1H3. The maximum atomic E-state index is 3.47. The molecule has 0 aromatic carbocycles. The molecule has 2 heteroatoms. The van der Waals surface area contributed by atoms with Crippen LogP contribution >= 0.6 is 11.8 Å². The SMILES string of the molecule is CC#CCCNCC1CCCCS1. The van der Waals surface area contributed by atoms with Crippen molar-refractivity contribution < 1.29 is 0 Å². The van der Waals surface area contributed by atoms with E-state index >= 15 is 0 Å². The Labute approximate surface area is 86.1 Å². The molecule has 1 unspecified atom stereocenters. The van der Waals surface area contributed by atoms with Crippen molar-refractivity contribution in [3.05, 3.63) is 0 Å². The number of nitrogens with one attached hydrogen (secondary N) is 1. The van der Waals surface area contributed by atoms with Crippen molar-refractivity contribution in [1.82, 2.24) is 5.32 Å². The largest absolute Gasteiger partial charge is 0.315 e. The molecule has 1 nitrogen and oxygen atoms in total.